The van der Waals surface area contributed by atoms with E-state index < -0.39 is 5.97 Å². The number of carbonyl (C=O) groups is 1. The minimum Gasteiger partial charge on any atom is -0.663 e. The van der Waals surface area contributed by atoms with E-state index in [1.165, 1.54) is 0 Å². The van der Waals surface area contributed by atoms with Crippen LogP contribution in [0.15, 0.2) is 91.1 Å². The minimum absolute atomic E-state index is 0. The molecule has 0 aliphatic rings. The number of pyridine rings is 1. The van der Waals surface area contributed by atoms with E-state index in [9.17, 15) is 9.90 Å². The van der Waals surface area contributed by atoms with Crippen molar-refractivity contribution < 1.29 is 31.0 Å². The first-order valence-electron chi connectivity index (χ1n) is 11.8. The van der Waals surface area contributed by atoms with E-state index in [2.05, 4.69) is 28.4 Å². The number of hydrogen-bond acceptors (Lipinski definition) is 3. The Hall–Kier alpha value is -4.02. The van der Waals surface area contributed by atoms with Crippen molar-refractivity contribution >= 4 is 27.9 Å². The van der Waals surface area contributed by atoms with Gasteiger partial charge >= 0.3 is 5.97 Å². The van der Waals surface area contributed by atoms with Gasteiger partial charge in [-0.15, -0.1) is 5.52 Å². The molecule has 0 aliphatic heterocycles. The quantitative estimate of drug-likeness (QED) is 0.219. The van der Waals surface area contributed by atoms with Crippen molar-refractivity contribution in [2.24, 2.45) is 0 Å². The van der Waals surface area contributed by atoms with Gasteiger partial charge in [-0.05, 0) is 48.6 Å². The van der Waals surface area contributed by atoms with Crippen molar-refractivity contribution in [3.8, 4) is 33.8 Å². The summed E-state index contributed by atoms with van der Waals surface area (Å²) in [5, 5.41) is 10.9. The third-order valence-electron chi connectivity index (χ3n) is 6.43. The second-order valence-electron chi connectivity index (χ2n) is 9.06. The zero-order valence-corrected chi connectivity index (χ0v) is 22.5. The van der Waals surface area contributed by atoms with Crippen LogP contribution in [-0.4, -0.2) is 25.6 Å². The maximum atomic E-state index is 12.0. The first-order chi connectivity index (χ1) is 17.5. The molecular weight excluding hydrogens is 643 g/mol. The fourth-order valence-corrected chi connectivity index (χ4v) is 4.82. The van der Waals surface area contributed by atoms with Crippen molar-refractivity contribution in [1.82, 2.24) is 19.5 Å². The van der Waals surface area contributed by atoms with Crippen LogP contribution >= 0.6 is 0 Å². The summed E-state index contributed by atoms with van der Waals surface area (Å²) in [7, 11) is 0. The number of carboxylic acids is 1. The van der Waals surface area contributed by atoms with E-state index >= 15 is 0 Å². The molecule has 0 saturated heterocycles. The molecule has 0 fully saturated rings. The fraction of sp³-hybridized carbons (Fsp3) is 0.100. The second-order valence-corrected chi connectivity index (χ2v) is 9.06. The van der Waals surface area contributed by atoms with Gasteiger partial charge in [0.2, 0.25) is 0 Å². The van der Waals surface area contributed by atoms with Crippen molar-refractivity contribution in [3.05, 3.63) is 96.8 Å². The topological polar surface area (TPSA) is 82.1 Å². The van der Waals surface area contributed by atoms with Crippen molar-refractivity contribution in [1.29, 1.82) is 0 Å². The molecule has 6 aromatic rings. The van der Waals surface area contributed by atoms with Crippen LogP contribution in [0.2, 0.25) is 0 Å². The number of nitrogens with zero attached hydrogens (tertiary/aromatic N) is 4. The minimum atomic E-state index is -1.07. The van der Waals surface area contributed by atoms with Gasteiger partial charge in [0.05, 0.1) is 16.7 Å². The average Bonchev–Trinajstić information content (AvgIpc) is 3.53. The first-order valence-corrected chi connectivity index (χ1v) is 11.8. The standard InChI is InChI=1S/C30H24N4O2.Pt/c1-18(2)34-26-13-7-11-22(28(26)33-29(34)23-12-6-10-20-14-15-31-27(20)23)24-16-21(17-25(32-24)30(35)36)19-8-4-3-5-9-19;/h3-18H,1-2H3,(H2,31,32,33,35,36);/p-1. The summed E-state index contributed by atoms with van der Waals surface area (Å²) in [5.74, 6) is -0.238. The maximum Gasteiger partial charge on any atom is 0.354 e. The molecular formula is C30H23N4O2Pt-. The van der Waals surface area contributed by atoms with Crippen molar-refractivity contribution in [3.63, 3.8) is 0 Å². The van der Waals surface area contributed by atoms with Gasteiger partial charge in [0.25, 0.3) is 0 Å². The summed E-state index contributed by atoms with van der Waals surface area (Å²) in [4.78, 5) is 26.2. The van der Waals surface area contributed by atoms with Crippen LogP contribution in [-0.2, 0) is 21.1 Å². The molecule has 0 spiro atoms. The van der Waals surface area contributed by atoms with Gasteiger partial charge in [-0.3, -0.25) is 0 Å². The molecule has 37 heavy (non-hydrogen) atoms. The average molecular weight is 667 g/mol. The molecule has 3 aromatic carbocycles. The number of fused-ring (bicyclic) bond motifs is 2. The van der Waals surface area contributed by atoms with Gasteiger partial charge in [-0.1, -0.05) is 66.7 Å². The molecule has 0 unspecified atom stereocenters. The zero-order chi connectivity index (χ0) is 24.8. The van der Waals surface area contributed by atoms with Gasteiger partial charge in [-0.2, -0.15) is 6.20 Å². The summed E-state index contributed by atoms with van der Waals surface area (Å²) < 4.78 is 2.21. The van der Waals surface area contributed by atoms with Crippen LogP contribution in [0.1, 0.15) is 30.4 Å². The third kappa shape index (κ3) is 4.28. The molecule has 7 heteroatoms. The van der Waals surface area contributed by atoms with E-state index in [4.69, 9.17) is 4.98 Å². The molecule has 0 bridgehead atoms. The monoisotopic (exact) mass is 666 g/mol. The smallest absolute Gasteiger partial charge is 0.354 e. The fourth-order valence-electron chi connectivity index (χ4n) is 4.82. The number of aromatic nitrogens is 4. The van der Waals surface area contributed by atoms with Crippen LogP contribution < -0.4 is 4.98 Å². The predicted octanol–water partition coefficient (Wildman–Crippen LogP) is 6.82. The Kier molecular flexibility index (Phi) is 6.53. The predicted molar refractivity (Wildman–Crippen MR) is 142 cm³/mol. The normalized spacial score (nSPS) is 11.2. The number of imidazole rings is 1. The van der Waals surface area contributed by atoms with E-state index in [0.717, 1.165) is 50.0 Å². The first kappa shape index (κ1) is 24.7. The molecule has 0 radical (unpaired) electrons. The van der Waals surface area contributed by atoms with Crippen LogP contribution in [0, 0.1) is 0 Å². The number of aromatic carboxylic acids is 1. The molecule has 3 aromatic heterocycles. The molecule has 0 aliphatic carbocycles. The zero-order valence-electron chi connectivity index (χ0n) is 20.2. The van der Waals surface area contributed by atoms with Crippen LogP contribution in [0.4, 0.5) is 0 Å². The Balaban J connectivity index is 0.00000280. The summed E-state index contributed by atoms with van der Waals surface area (Å²) in [6, 6.07) is 27.5. The number of para-hydroxylation sites is 2. The largest absolute Gasteiger partial charge is 0.663 e. The molecule has 6 rings (SSSR count). The Morgan fingerprint density at radius 1 is 0.865 bits per heavy atom. The summed E-state index contributed by atoms with van der Waals surface area (Å²) >= 11 is 0. The van der Waals surface area contributed by atoms with Gasteiger partial charge in [0.1, 0.15) is 11.5 Å². The molecule has 3 heterocycles. The molecule has 186 valence electrons. The van der Waals surface area contributed by atoms with E-state index in [0.29, 0.717) is 5.69 Å². The second kappa shape index (κ2) is 9.79. The van der Waals surface area contributed by atoms with Gasteiger partial charge < -0.3 is 14.7 Å². The molecule has 0 amide bonds. The summed E-state index contributed by atoms with van der Waals surface area (Å²) in [5.41, 5.74) is 6.70. The Bertz CT molecular complexity index is 1750. The molecule has 0 saturated carbocycles. The molecule has 0 atom stereocenters. The molecule has 6 nitrogen and oxygen atoms in total. The SMILES string of the molecule is CC(C)n1c(-c2cccc3cc[n-]c23)nc2c(-c3cc(-c4ccccc4)cc(C(=O)O)n3)cccc21.[Pt]. The number of carboxylic acid groups (broad SMARTS) is 1. The number of rotatable bonds is 5. The van der Waals surface area contributed by atoms with Crippen LogP contribution in [0.25, 0.3) is 55.7 Å². The number of benzene rings is 3. The van der Waals surface area contributed by atoms with Crippen LogP contribution in [0.5, 0.6) is 0 Å². The van der Waals surface area contributed by atoms with Gasteiger partial charge in [-0.25, -0.2) is 14.8 Å². The van der Waals surface area contributed by atoms with E-state index in [1.54, 1.807) is 6.07 Å². The Morgan fingerprint density at radius 2 is 1.62 bits per heavy atom. The Morgan fingerprint density at radius 3 is 2.38 bits per heavy atom. The summed E-state index contributed by atoms with van der Waals surface area (Å²) in [6.07, 6.45) is 1.81. The van der Waals surface area contributed by atoms with Gasteiger partial charge in [0, 0.05) is 38.2 Å². The van der Waals surface area contributed by atoms with Crippen LogP contribution in [0.3, 0.4) is 0 Å². The molecule has 1 N–H and O–H groups in total. The number of hydrogen-bond donors (Lipinski definition) is 1. The van der Waals surface area contributed by atoms with E-state index in [1.807, 2.05) is 85.1 Å². The Labute approximate surface area is 228 Å². The third-order valence-corrected chi connectivity index (χ3v) is 6.43. The van der Waals surface area contributed by atoms with Crippen molar-refractivity contribution in [2.45, 2.75) is 19.9 Å². The van der Waals surface area contributed by atoms with Crippen molar-refractivity contribution in [2.75, 3.05) is 0 Å². The van der Waals surface area contributed by atoms with Gasteiger partial charge in [0.15, 0.2) is 0 Å². The maximum absolute atomic E-state index is 12.0. The summed E-state index contributed by atoms with van der Waals surface area (Å²) in [6.45, 7) is 4.26. The van der Waals surface area contributed by atoms with E-state index in [-0.39, 0.29) is 32.8 Å².